The van der Waals surface area contributed by atoms with Crippen molar-refractivity contribution in [2.45, 2.75) is 12.8 Å². The average molecular weight is 341 g/mol. The molecule has 0 aliphatic carbocycles. The van der Waals surface area contributed by atoms with Crippen molar-refractivity contribution < 1.29 is 9.85 Å². The van der Waals surface area contributed by atoms with E-state index >= 15 is 0 Å². The van der Waals surface area contributed by atoms with E-state index in [1.165, 1.54) is 24.3 Å². The number of nitro benzene ring substituents is 2. The summed E-state index contributed by atoms with van der Waals surface area (Å²) in [5.74, 6) is 0. The molecule has 2 rings (SSSR count). The molecule has 0 heterocycles. The summed E-state index contributed by atoms with van der Waals surface area (Å²) in [6.07, 6.45) is 1.04. The standard InChI is InChI=1S/C14H10Cl2N2O4/c15-13-7-11(17(19)20)5-3-9(13)1-2-10-4-6-12(18(21)22)8-14(10)16/h3-8H,1-2H2. The zero-order valence-electron chi connectivity index (χ0n) is 11.2. The fourth-order valence-electron chi connectivity index (χ4n) is 1.97. The van der Waals surface area contributed by atoms with E-state index in [0.717, 1.165) is 11.1 Å². The summed E-state index contributed by atoms with van der Waals surface area (Å²) >= 11 is 12.0. The molecule has 0 unspecified atom stereocenters. The molecule has 114 valence electrons. The molecule has 22 heavy (non-hydrogen) atoms. The third kappa shape index (κ3) is 3.72. The van der Waals surface area contributed by atoms with Crippen molar-refractivity contribution in [3.63, 3.8) is 0 Å². The number of hydrogen-bond donors (Lipinski definition) is 0. The third-order valence-electron chi connectivity index (χ3n) is 3.16. The van der Waals surface area contributed by atoms with E-state index in [2.05, 4.69) is 0 Å². The van der Waals surface area contributed by atoms with Crippen LogP contribution in [-0.4, -0.2) is 9.85 Å². The molecule has 8 heteroatoms. The van der Waals surface area contributed by atoms with E-state index in [4.69, 9.17) is 23.2 Å². The van der Waals surface area contributed by atoms with Crippen LogP contribution in [0.1, 0.15) is 11.1 Å². The Hall–Kier alpha value is -2.18. The maximum absolute atomic E-state index is 10.6. The summed E-state index contributed by atoms with van der Waals surface area (Å²) in [6.45, 7) is 0. The van der Waals surface area contributed by atoms with Crippen molar-refractivity contribution in [2.75, 3.05) is 0 Å². The van der Waals surface area contributed by atoms with Gasteiger partial charge in [0.1, 0.15) is 0 Å². The predicted molar refractivity (Wildman–Crippen MR) is 83.6 cm³/mol. The monoisotopic (exact) mass is 340 g/mol. The summed E-state index contributed by atoms with van der Waals surface area (Å²) < 4.78 is 0. The molecule has 2 aromatic rings. The summed E-state index contributed by atoms with van der Waals surface area (Å²) in [5, 5.41) is 21.9. The van der Waals surface area contributed by atoms with Gasteiger partial charge in [0.15, 0.2) is 0 Å². The highest BCUT2D eigenvalue weighted by Crippen LogP contribution is 2.26. The number of rotatable bonds is 5. The molecule has 0 aliphatic heterocycles. The summed E-state index contributed by atoms with van der Waals surface area (Å²) in [7, 11) is 0. The molecule has 0 saturated heterocycles. The van der Waals surface area contributed by atoms with Gasteiger partial charge in [-0.05, 0) is 24.0 Å². The quantitative estimate of drug-likeness (QED) is 0.588. The molecule has 0 fully saturated rings. The first kappa shape index (κ1) is 16.2. The van der Waals surface area contributed by atoms with Crippen LogP contribution in [0.2, 0.25) is 10.0 Å². The normalized spacial score (nSPS) is 10.5. The van der Waals surface area contributed by atoms with Gasteiger partial charge in [0.25, 0.3) is 11.4 Å². The Morgan fingerprint density at radius 3 is 1.41 bits per heavy atom. The summed E-state index contributed by atoms with van der Waals surface area (Å²) in [6, 6.07) is 8.57. The molecule has 0 spiro atoms. The SMILES string of the molecule is O=[N+]([O-])c1ccc(CCc2ccc([N+](=O)[O-])cc2Cl)c(Cl)c1. The first-order chi connectivity index (χ1) is 10.4. The fraction of sp³-hybridized carbons (Fsp3) is 0.143. The Morgan fingerprint density at radius 2 is 1.14 bits per heavy atom. The molecule has 0 radical (unpaired) electrons. The second-order valence-electron chi connectivity index (χ2n) is 4.57. The lowest BCUT2D eigenvalue weighted by atomic mass is 10.0. The lowest BCUT2D eigenvalue weighted by molar-refractivity contribution is -0.385. The van der Waals surface area contributed by atoms with Gasteiger partial charge in [-0.2, -0.15) is 0 Å². The van der Waals surface area contributed by atoms with Crippen LogP contribution in [-0.2, 0) is 12.8 Å². The minimum atomic E-state index is -0.511. The van der Waals surface area contributed by atoms with Crippen molar-refractivity contribution in [3.8, 4) is 0 Å². The lowest BCUT2D eigenvalue weighted by Gasteiger charge is -2.06. The largest absolute Gasteiger partial charge is 0.270 e. The second-order valence-corrected chi connectivity index (χ2v) is 5.38. The number of hydrogen-bond acceptors (Lipinski definition) is 4. The van der Waals surface area contributed by atoms with Gasteiger partial charge >= 0.3 is 0 Å². The maximum Gasteiger partial charge on any atom is 0.270 e. The van der Waals surface area contributed by atoms with Gasteiger partial charge in [-0.1, -0.05) is 35.3 Å². The smallest absolute Gasteiger partial charge is 0.258 e. The molecule has 0 aliphatic rings. The number of halogens is 2. The highest BCUT2D eigenvalue weighted by Gasteiger charge is 2.12. The molecule has 0 bridgehead atoms. The highest BCUT2D eigenvalue weighted by atomic mass is 35.5. The van der Waals surface area contributed by atoms with E-state index in [1.807, 2.05) is 0 Å². The minimum absolute atomic E-state index is 0.0675. The summed E-state index contributed by atoms with van der Waals surface area (Å²) in [4.78, 5) is 20.3. The lowest BCUT2D eigenvalue weighted by Crippen LogP contribution is -1.96. The topological polar surface area (TPSA) is 86.3 Å². The van der Waals surface area contributed by atoms with E-state index in [0.29, 0.717) is 22.9 Å². The second kappa shape index (κ2) is 6.72. The predicted octanol–water partition coefficient (Wildman–Crippen LogP) is 4.60. The number of non-ortho nitro benzene ring substituents is 2. The molecular formula is C14H10Cl2N2O4. The van der Waals surface area contributed by atoms with Gasteiger partial charge < -0.3 is 0 Å². The zero-order valence-corrected chi connectivity index (χ0v) is 12.7. The van der Waals surface area contributed by atoms with Crippen LogP contribution >= 0.6 is 23.2 Å². The Labute approximate surface area is 135 Å². The van der Waals surface area contributed by atoms with Crippen LogP contribution in [0, 0.1) is 20.2 Å². The van der Waals surface area contributed by atoms with Gasteiger partial charge in [-0.3, -0.25) is 20.2 Å². The molecule has 2 aromatic carbocycles. The van der Waals surface area contributed by atoms with Crippen LogP contribution in [0.5, 0.6) is 0 Å². The van der Waals surface area contributed by atoms with Gasteiger partial charge in [-0.15, -0.1) is 0 Å². The van der Waals surface area contributed by atoms with Crippen molar-refractivity contribution in [1.29, 1.82) is 0 Å². The van der Waals surface area contributed by atoms with Crippen LogP contribution in [0.3, 0.4) is 0 Å². The van der Waals surface area contributed by atoms with E-state index < -0.39 is 9.85 Å². The van der Waals surface area contributed by atoms with Crippen LogP contribution in [0.15, 0.2) is 36.4 Å². The van der Waals surface area contributed by atoms with Gasteiger partial charge in [0.2, 0.25) is 0 Å². The maximum atomic E-state index is 10.6. The van der Waals surface area contributed by atoms with Crippen LogP contribution < -0.4 is 0 Å². The molecule has 0 saturated carbocycles. The van der Waals surface area contributed by atoms with Gasteiger partial charge in [0, 0.05) is 24.3 Å². The van der Waals surface area contributed by atoms with Crippen LogP contribution in [0.4, 0.5) is 11.4 Å². The molecule has 0 atom stereocenters. The minimum Gasteiger partial charge on any atom is -0.258 e. The van der Waals surface area contributed by atoms with Crippen molar-refractivity contribution in [3.05, 3.63) is 77.8 Å². The number of benzene rings is 2. The molecule has 0 amide bonds. The number of nitro groups is 2. The van der Waals surface area contributed by atoms with E-state index in [1.54, 1.807) is 12.1 Å². The van der Waals surface area contributed by atoms with Gasteiger partial charge in [-0.25, -0.2) is 0 Å². The molecule has 6 nitrogen and oxygen atoms in total. The molecule has 0 aromatic heterocycles. The Morgan fingerprint density at radius 1 is 0.773 bits per heavy atom. The van der Waals surface area contributed by atoms with Crippen molar-refractivity contribution >= 4 is 34.6 Å². The molecule has 0 N–H and O–H groups in total. The number of aryl methyl sites for hydroxylation is 2. The zero-order chi connectivity index (χ0) is 16.3. The third-order valence-corrected chi connectivity index (χ3v) is 3.86. The van der Waals surface area contributed by atoms with Crippen molar-refractivity contribution in [1.82, 2.24) is 0 Å². The van der Waals surface area contributed by atoms with Crippen molar-refractivity contribution in [2.24, 2.45) is 0 Å². The Kier molecular flexibility index (Phi) is 4.95. The Bertz CT molecular complexity index is 686. The first-order valence-electron chi connectivity index (χ1n) is 6.24. The van der Waals surface area contributed by atoms with E-state index in [-0.39, 0.29) is 11.4 Å². The average Bonchev–Trinajstić information content (AvgIpc) is 2.46. The highest BCUT2D eigenvalue weighted by molar-refractivity contribution is 6.32. The van der Waals surface area contributed by atoms with E-state index in [9.17, 15) is 20.2 Å². The van der Waals surface area contributed by atoms with Crippen LogP contribution in [0.25, 0.3) is 0 Å². The summed E-state index contributed by atoms with van der Waals surface area (Å²) in [5.41, 5.74) is 1.37. The molecular weight excluding hydrogens is 331 g/mol. The van der Waals surface area contributed by atoms with Gasteiger partial charge in [0.05, 0.1) is 19.9 Å². The number of nitrogens with zero attached hydrogens (tertiary/aromatic N) is 2. The fourth-order valence-corrected chi connectivity index (χ4v) is 2.51. The first-order valence-corrected chi connectivity index (χ1v) is 6.99. The Balaban J connectivity index is 2.13.